The summed E-state index contributed by atoms with van der Waals surface area (Å²) in [5.74, 6) is -2.32. The van der Waals surface area contributed by atoms with Crippen LogP contribution in [0.5, 0.6) is 0 Å². The van der Waals surface area contributed by atoms with Crippen LogP contribution in [0.1, 0.15) is 89.6 Å². The molecule has 1 fully saturated rings. The standard InChI is InChI=1S/C27H27FN4O6.C15H16N2O4S.C12H16N2O2.C2H6/c1-12-14-4-3-13(9-37-11-30-21(33)7-29-2)22-16-8-32-20(24(16)31-19(23(14)22)6-18(12)28)5-15-17(26(32)35)10-38-27(36)25(15)34;18-8-7-16-13(19)6-3-10-1-4-11(5-2-10)17-14(20)9-12(22)15(17)21;1-13-8-12(16)14-11(9-15)7-10-5-3-2-4-6-10;1-2/h5-6,13,25,29,34H,3-4,7-11H2,1-2H3,(H,30,33);1-2,4-5,8,12,22H,3,6-7,9H2,(H,16,19);2-6,9,11,13H,7-8H2,1H3,(H,14,16);1-2H3/t;;11-;/m..0./s1. The maximum Gasteiger partial charge on any atom is 0.340 e. The van der Waals surface area contributed by atoms with Gasteiger partial charge in [0.15, 0.2) is 6.10 Å². The lowest BCUT2D eigenvalue weighted by Crippen LogP contribution is -2.41. The highest BCUT2D eigenvalue weighted by atomic mass is 32.1. The van der Waals surface area contributed by atoms with Gasteiger partial charge in [-0.15, -0.1) is 0 Å². The molecule has 9 rings (SSSR count). The molecule has 4 aliphatic rings. The number of halogens is 1. The van der Waals surface area contributed by atoms with Crippen molar-refractivity contribution in [3.05, 3.63) is 127 Å². The number of nitrogens with zero attached hydrogens (tertiary/aromatic N) is 3. The molecule has 5 amide bonds. The monoisotopic (exact) mass is 1090 g/mol. The molecular formula is C56H65FN8O12S. The summed E-state index contributed by atoms with van der Waals surface area (Å²) in [4.78, 5) is 110. The van der Waals surface area contributed by atoms with Crippen LogP contribution in [-0.2, 0) is 80.2 Å². The second kappa shape index (κ2) is 28.2. The Hall–Kier alpha value is -7.50. The van der Waals surface area contributed by atoms with Gasteiger partial charge in [0.25, 0.3) is 5.56 Å². The van der Waals surface area contributed by atoms with Gasteiger partial charge in [0.05, 0.1) is 72.2 Å². The molecule has 5 aromatic rings. The number of aliphatic hydroxyl groups is 1. The summed E-state index contributed by atoms with van der Waals surface area (Å²) >= 11 is 4.08. The van der Waals surface area contributed by atoms with Crippen LogP contribution in [0.2, 0.25) is 0 Å². The van der Waals surface area contributed by atoms with Crippen molar-refractivity contribution in [1.29, 1.82) is 0 Å². The van der Waals surface area contributed by atoms with Crippen molar-refractivity contribution in [2.75, 3.05) is 52.0 Å². The third kappa shape index (κ3) is 14.2. The summed E-state index contributed by atoms with van der Waals surface area (Å²) < 4.78 is 27.3. The van der Waals surface area contributed by atoms with E-state index in [9.17, 15) is 52.6 Å². The number of aromatic nitrogens is 2. The van der Waals surface area contributed by atoms with Gasteiger partial charge in [-0.3, -0.25) is 28.8 Å². The number of rotatable bonds is 18. The van der Waals surface area contributed by atoms with E-state index in [1.54, 1.807) is 55.9 Å². The number of nitrogens with one attached hydrogen (secondary N) is 5. The van der Waals surface area contributed by atoms with E-state index in [1.165, 1.54) is 6.07 Å². The van der Waals surface area contributed by atoms with E-state index in [4.69, 9.17) is 14.5 Å². The van der Waals surface area contributed by atoms with Gasteiger partial charge in [0.1, 0.15) is 31.7 Å². The van der Waals surface area contributed by atoms with Crippen LogP contribution in [0.15, 0.2) is 71.5 Å². The Bertz CT molecular complexity index is 3100. The van der Waals surface area contributed by atoms with Crippen LogP contribution in [0.4, 0.5) is 10.1 Å². The maximum atomic E-state index is 14.9. The zero-order valence-electron chi connectivity index (χ0n) is 44.1. The normalized spacial score (nSPS) is 16.8. The van der Waals surface area contributed by atoms with E-state index in [0.29, 0.717) is 66.7 Å². The van der Waals surface area contributed by atoms with Gasteiger partial charge in [-0.1, -0.05) is 56.3 Å². The number of aldehydes is 2. The number of hydrogen-bond donors (Lipinski definition) is 7. The number of likely N-dealkylation sites (N-methyl/N-ethyl adjacent to an activating group) is 2. The minimum Gasteiger partial charge on any atom is -0.458 e. The molecule has 0 radical (unpaired) electrons. The Balaban J connectivity index is 0.000000208. The molecule has 22 heteroatoms. The van der Waals surface area contributed by atoms with Gasteiger partial charge in [0.2, 0.25) is 29.5 Å². The van der Waals surface area contributed by atoms with Gasteiger partial charge in [-0.25, -0.2) is 19.1 Å². The summed E-state index contributed by atoms with van der Waals surface area (Å²) in [7, 11) is 3.37. The molecule has 4 atom stereocenters. The highest BCUT2D eigenvalue weighted by Crippen LogP contribution is 2.46. The van der Waals surface area contributed by atoms with E-state index >= 15 is 0 Å². The Morgan fingerprint density at radius 3 is 2.28 bits per heavy atom. The highest BCUT2D eigenvalue weighted by Gasteiger charge is 2.39. The van der Waals surface area contributed by atoms with E-state index < -0.39 is 23.4 Å². The minimum atomic E-state index is -1.55. The summed E-state index contributed by atoms with van der Waals surface area (Å²) in [5, 5.41) is 24.0. The van der Waals surface area contributed by atoms with Crippen LogP contribution in [0.3, 0.4) is 0 Å². The first-order chi connectivity index (χ1) is 37.6. The SMILES string of the molecule is CC.CNCC(=O)NCOCC1CCc2c(C)c(F)cc3nc4c(c1c23)Cn1c-4cc2c(c1=O)COC(=O)C2O.CNCC(=O)N[C@H](C=O)Cc1ccccc1.O=CCNC(=O)CCc1ccc(N2C(=O)CC(S)C2=O)cc1. The molecule has 2 aromatic heterocycles. The lowest BCUT2D eigenvalue weighted by atomic mass is 9.78. The zero-order chi connectivity index (χ0) is 56.6. The predicted molar refractivity (Wildman–Crippen MR) is 291 cm³/mol. The van der Waals surface area contributed by atoms with Gasteiger partial charge in [-0.2, -0.15) is 12.6 Å². The van der Waals surface area contributed by atoms with Crippen LogP contribution in [0.25, 0.3) is 22.3 Å². The molecule has 20 nitrogen and oxygen atoms in total. The molecule has 3 aromatic carbocycles. The summed E-state index contributed by atoms with van der Waals surface area (Å²) in [5.41, 5.74) is 7.35. The van der Waals surface area contributed by atoms with Gasteiger partial charge in [0, 0.05) is 41.3 Å². The average Bonchev–Trinajstić information content (AvgIpc) is 4.10. The number of thiol groups is 1. The maximum absolute atomic E-state index is 14.9. The van der Waals surface area contributed by atoms with Gasteiger partial charge >= 0.3 is 5.97 Å². The number of esters is 1. The number of cyclic esters (lactones) is 1. The second-order valence-electron chi connectivity index (χ2n) is 18.4. The fraction of sp³-hybridized carbons (Fsp3) is 0.393. The largest absolute Gasteiger partial charge is 0.458 e. The van der Waals surface area contributed by atoms with Crippen molar-refractivity contribution in [2.24, 2.45) is 0 Å². The zero-order valence-corrected chi connectivity index (χ0v) is 45.0. The van der Waals surface area contributed by atoms with Crippen LogP contribution >= 0.6 is 12.6 Å². The predicted octanol–water partition coefficient (Wildman–Crippen LogP) is 2.96. The molecule has 414 valence electrons. The molecule has 3 aliphatic heterocycles. The molecular weight excluding hydrogens is 1030 g/mol. The van der Waals surface area contributed by atoms with E-state index in [-0.39, 0.29) is 110 Å². The fourth-order valence-electron chi connectivity index (χ4n) is 9.54. The topological polar surface area (TPSA) is 274 Å². The minimum absolute atomic E-state index is 0.0157. The molecule has 1 aliphatic carbocycles. The van der Waals surface area contributed by atoms with Crippen molar-refractivity contribution in [3.8, 4) is 11.4 Å². The number of carbonyl (C=O) groups is 8. The molecule has 0 bridgehead atoms. The van der Waals surface area contributed by atoms with E-state index in [2.05, 4.69) is 39.2 Å². The average molecular weight is 1090 g/mol. The molecule has 3 unspecified atom stereocenters. The number of pyridine rings is 2. The van der Waals surface area contributed by atoms with Crippen molar-refractivity contribution in [2.45, 2.75) is 95.8 Å². The number of anilines is 1. The number of hydrogen-bond acceptors (Lipinski definition) is 16. The van der Waals surface area contributed by atoms with Crippen LogP contribution < -0.4 is 37.0 Å². The lowest BCUT2D eigenvalue weighted by molar-refractivity contribution is -0.157. The summed E-state index contributed by atoms with van der Waals surface area (Å²) in [6, 6.07) is 19.1. The fourth-order valence-corrected chi connectivity index (χ4v) is 9.81. The van der Waals surface area contributed by atoms with Crippen molar-refractivity contribution < 1.29 is 57.3 Å². The molecule has 0 spiro atoms. The number of fused-ring (bicyclic) bond motifs is 5. The Labute approximate surface area is 455 Å². The lowest BCUT2D eigenvalue weighted by Gasteiger charge is -2.29. The highest BCUT2D eigenvalue weighted by molar-refractivity contribution is 7.82. The van der Waals surface area contributed by atoms with Crippen LogP contribution in [0, 0.1) is 12.7 Å². The second-order valence-corrected chi connectivity index (χ2v) is 19.0. The number of aryl methyl sites for hydroxylation is 2. The molecule has 78 heavy (non-hydrogen) atoms. The third-order valence-corrected chi connectivity index (χ3v) is 13.7. The van der Waals surface area contributed by atoms with Crippen molar-refractivity contribution >= 4 is 77.3 Å². The summed E-state index contributed by atoms with van der Waals surface area (Å²) in [6.45, 7) is 6.62. The number of aliphatic hydroxyl groups excluding tert-OH is 1. The first-order valence-corrected chi connectivity index (χ1v) is 26.1. The molecule has 1 saturated heterocycles. The Morgan fingerprint density at radius 2 is 1.63 bits per heavy atom. The summed E-state index contributed by atoms with van der Waals surface area (Å²) in [6.07, 6.45) is 2.63. The number of amides is 5. The van der Waals surface area contributed by atoms with E-state index in [1.807, 2.05) is 44.2 Å². The van der Waals surface area contributed by atoms with E-state index in [0.717, 1.165) is 44.4 Å². The Morgan fingerprint density at radius 1 is 0.923 bits per heavy atom. The number of carbonyl (C=O) groups excluding carboxylic acids is 8. The van der Waals surface area contributed by atoms with Crippen molar-refractivity contribution in [1.82, 2.24) is 36.1 Å². The van der Waals surface area contributed by atoms with Gasteiger partial charge in [-0.05, 0) is 92.7 Å². The number of imide groups is 1. The third-order valence-electron chi connectivity index (χ3n) is 13.3. The smallest absolute Gasteiger partial charge is 0.340 e. The quantitative estimate of drug-likeness (QED) is 0.0163. The molecule has 0 saturated carbocycles. The Kier molecular flexibility index (Phi) is 21.6. The number of ether oxygens (including phenoxy) is 2. The first-order valence-electron chi connectivity index (χ1n) is 25.6. The molecule has 6 N–H and O–H groups in total. The van der Waals surface area contributed by atoms with Crippen LogP contribution in [-0.4, -0.2) is 121 Å². The molecule has 5 heterocycles. The number of benzene rings is 3. The van der Waals surface area contributed by atoms with Crippen molar-refractivity contribution in [3.63, 3.8) is 0 Å². The van der Waals surface area contributed by atoms with Gasteiger partial charge < -0.3 is 55.3 Å². The first kappa shape index (κ1) is 59.7.